The third kappa shape index (κ3) is 20.2. The summed E-state index contributed by atoms with van der Waals surface area (Å²) in [6.07, 6.45) is -1.96. The topological polar surface area (TPSA) is 200 Å². The summed E-state index contributed by atoms with van der Waals surface area (Å²) in [6.45, 7) is 4.76. The Bertz CT molecular complexity index is 691. The average molecular weight is 514 g/mol. The van der Waals surface area contributed by atoms with Crippen molar-refractivity contribution >= 4 is 31.9 Å². The molecule has 0 radical (unpaired) electrons. The molecule has 3 amide bonds. The fraction of sp³-hybridized carbons (Fsp3) is 0.778. The third-order valence-electron chi connectivity index (χ3n) is 3.26. The molecular weight excluding hydrogens is 481 g/mol. The van der Waals surface area contributed by atoms with Crippen LogP contribution in [0.1, 0.15) is 27.7 Å². The highest BCUT2D eigenvalue weighted by Gasteiger charge is 2.19. The number of nitrogens with one attached hydrogen (secondary N) is 3. The number of hydrogen-bond acceptors (Lipinski definition) is 12. The molecule has 16 heteroatoms. The van der Waals surface area contributed by atoms with E-state index in [-0.39, 0.29) is 45.0 Å². The first-order valence-electron chi connectivity index (χ1n) is 10.3. The van der Waals surface area contributed by atoms with E-state index < -0.39 is 51.8 Å². The molecule has 0 aliphatic rings. The number of carbonyl (C=O) groups excluding carboxylic acids is 4. The Hall–Kier alpha value is -2.45. The highest BCUT2D eigenvalue weighted by molar-refractivity contribution is 7.45. The summed E-state index contributed by atoms with van der Waals surface area (Å²) in [6, 6.07) is -0.291. The summed E-state index contributed by atoms with van der Waals surface area (Å²) in [7, 11) is -4.78. The lowest BCUT2D eigenvalue weighted by Gasteiger charge is -2.25. The Balaban J connectivity index is 3.90. The second kappa shape index (κ2) is 18.0. The largest absolute Gasteiger partial charge is 0.756 e. The number of amides is 3. The molecular formula is C18H33N3O12P-. The second-order valence-corrected chi connectivity index (χ2v) is 8.25. The number of hydrogen-bond donors (Lipinski definition) is 3. The fourth-order valence-corrected chi connectivity index (χ4v) is 2.72. The molecule has 0 aromatic carbocycles. The van der Waals surface area contributed by atoms with Gasteiger partial charge in [-0.05, 0) is 13.8 Å². The molecule has 0 aromatic heterocycles. The second-order valence-electron chi connectivity index (χ2n) is 6.84. The summed E-state index contributed by atoms with van der Waals surface area (Å²) >= 11 is 0. The van der Waals surface area contributed by atoms with Gasteiger partial charge in [-0.25, -0.2) is 9.59 Å². The van der Waals surface area contributed by atoms with E-state index in [1.54, 1.807) is 0 Å². The van der Waals surface area contributed by atoms with Crippen LogP contribution in [-0.4, -0.2) is 88.9 Å². The molecule has 0 aromatic rings. The van der Waals surface area contributed by atoms with Crippen molar-refractivity contribution < 1.29 is 56.6 Å². The van der Waals surface area contributed by atoms with Gasteiger partial charge in [-0.15, -0.1) is 0 Å². The number of phosphoric acid groups is 1. The maximum Gasteiger partial charge on any atom is 0.407 e. The predicted octanol–water partition coefficient (Wildman–Crippen LogP) is -0.567. The lowest BCUT2D eigenvalue weighted by Crippen LogP contribution is -2.40. The first kappa shape index (κ1) is 31.6. The summed E-state index contributed by atoms with van der Waals surface area (Å²) in [5.41, 5.74) is 0. The Morgan fingerprint density at radius 2 is 1.53 bits per heavy atom. The summed E-state index contributed by atoms with van der Waals surface area (Å²) < 4.78 is 40.3. The Kier molecular flexibility index (Phi) is 16.7. The minimum absolute atomic E-state index is 0.0183. The SMILES string of the molecule is CC(=O)OC[C@H](COP(=O)([O-])OCCNC(=O)OCCOCCNC(=O)NC(C)C)OC(C)=O. The quantitative estimate of drug-likeness (QED) is 0.0968. The van der Waals surface area contributed by atoms with E-state index >= 15 is 0 Å². The van der Waals surface area contributed by atoms with Crippen LogP contribution in [0, 0.1) is 0 Å². The van der Waals surface area contributed by atoms with E-state index in [2.05, 4.69) is 29.7 Å². The summed E-state index contributed by atoms with van der Waals surface area (Å²) in [5.74, 6) is -1.37. The summed E-state index contributed by atoms with van der Waals surface area (Å²) in [4.78, 5) is 56.4. The average Bonchev–Trinajstić information content (AvgIpc) is 2.71. The summed E-state index contributed by atoms with van der Waals surface area (Å²) in [5, 5.41) is 7.50. The van der Waals surface area contributed by atoms with E-state index in [1.807, 2.05) is 13.8 Å². The van der Waals surface area contributed by atoms with Crippen molar-refractivity contribution in [3.05, 3.63) is 0 Å². The van der Waals surface area contributed by atoms with Crippen LogP contribution in [0.3, 0.4) is 0 Å². The highest BCUT2D eigenvalue weighted by atomic mass is 31.2. The molecule has 0 aliphatic heterocycles. The van der Waals surface area contributed by atoms with Crippen LogP contribution in [-0.2, 0) is 42.1 Å². The van der Waals surface area contributed by atoms with Gasteiger partial charge in [0.15, 0.2) is 6.10 Å². The van der Waals surface area contributed by atoms with Gasteiger partial charge < -0.3 is 48.8 Å². The molecule has 0 saturated heterocycles. The van der Waals surface area contributed by atoms with Gasteiger partial charge in [0.1, 0.15) is 13.2 Å². The number of urea groups is 1. The number of esters is 2. The molecule has 15 nitrogen and oxygen atoms in total. The molecule has 0 fully saturated rings. The van der Waals surface area contributed by atoms with Crippen molar-refractivity contribution in [2.45, 2.75) is 39.8 Å². The monoisotopic (exact) mass is 514 g/mol. The van der Waals surface area contributed by atoms with Crippen LogP contribution in [0.15, 0.2) is 0 Å². The van der Waals surface area contributed by atoms with Gasteiger partial charge in [-0.3, -0.25) is 14.2 Å². The number of carbonyl (C=O) groups is 4. The van der Waals surface area contributed by atoms with Crippen LogP contribution in [0.25, 0.3) is 0 Å². The van der Waals surface area contributed by atoms with Gasteiger partial charge in [-0.1, -0.05) is 0 Å². The minimum Gasteiger partial charge on any atom is -0.756 e. The van der Waals surface area contributed by atoms with Gasteiger partial charge in [0.25, 0.3) is 7.82 Å². The standard InChI is InChI=1S/C18H34N3O12P/c1-13(2)21-17(24)19-5-7-28-9-10-29-18(25)20-6-8-31-34(26,27)32-12-16(33-15(4)23)11-30-14(3)22/h13,16H,5-12H2,1-4H3,(H,20,25)(H,26,27)(H2,19,21,24)/p-1/t16-/m1/s1. The molecule has 0 heterocycles. The van der Waals surface area contributed by atoms with Gasteiger partial charge in [-0.2, -0.15) is 0 Å². The van der Waals surface area contributed by atoms with Crippen molar-refractivity contribution in [3.63, 3.8) is 0 Å². The van der Waals surface area contributed by atoms with Crippen LogP contribution in [0.2, 0.25) is 0 Å². The van der Waals surface area contributed by atoms with E-state index in [0.717, 1.165) is 13.8 Å². The molecule has 198 valence electrons. The van der Waals surface area contributed by atoms with E-state index in [4.69, 9.17) is 14.2 Å². The Morgan fingerprint density at radius 3 is 2.15 bits per heavy atom. The van der Waals surface area contributed by atoms with Crippen LogP contribution < -0.4 is 20.8 Å². The first-order valence-corrected chi connectivity index (χ1v) is 11.8. The first-order chi connectivity index (χ1) is 15.9. The Morgan fingerprint density at radius 1 is 0.853 bits per heavy atom. The normalized spacial score (nSPS) is 13.4. The highest BCUT2D eigenvalue weighted by Crippen LogP contribution is 2.38. The molecule has 1 unspecified atom stereocenters. The van der Waals surface area contributed by atoms with E-state index in [1.165, 1.54) is 0 Å². The molecule has 3 N–H and O–H groups in total. The fourth-order valence-electron chi connectivity index (χ4n) is 1.98. The molecule has 2 atom stereocenters. The van der Waals surface area contributed by atoms with Gasteiger partial charge in [0, 0.05) is 33.0 Å². The van der Waals surface area contributed by atoms with E-state index in [9.17, 15) is 28.6 Å². The predicted molar refractivity (Wildman–Crippen MR) is 114 cm³/mol. The van der Waals surface area contributed by atoms with Gasteiger partial charge in [0.05, 0.1) is 26.4 Å². The molecule has 0 saturated carbocycles. The zero-order chi connectivity index (χ0) is 26.0. The maximum absolute atomic E-state index is 11.7. The van der Waals surface area contributed by atoms with Crippen molar-refractivity contribution in [3.8, 4) is 0 Å². The van der Waals surface area contributed by atoms with Crippen LogP contribution >= 0.6 is 7.82 Å². The number of ether oxygens (including phenoxy) is 4. The third-order valence-corrected chi connectivity index (χ3v) is 4.22. The van der Waals surface area contributed by atoms with Crippen molar-refractivity contribution in [2.24, 2.45) is 0 Å². The number of alkyl carbamates (subject to hydrolysis) is 1. The van der Waals surface area contributed by atoms with E-state index in [0.29, 0.717) is 0 Å². The molecule has 0 rings (SSSR count). The van der Waals surface area contributed by atoms with Crippen molar-refractivity contribution in [1.29, 1.82) is 0 Å². The van der Waals surface area contributed by atoms with Crippen molar-refractivity contribution in [1.82, 2.24) is 16.0 Å². The molecule has 0 spiro atoms. The lowest BCUT2D eigenvalue weighted by molar-refractivity contribution is -0.228. The van der Waals surface area contributed by atoms with Crippen LogP contribution in [0.4, 0.5) is 9.59 Å². The van der Waals surface area contributed by atoms with Crippen molar-refractivity contribution in [2.75, 3.05) is 52.7 Å². The zero-order valence-electron chi connectivity index (χ0n) is 19.7. The number of rotatable bonds is 17. The molecule has 34 heavy (non-hydrogen) atoms. The van der Waals surface area contributed by atoms with Gasteiger partial charge in [0.2, 0.25) is 0 Å². The smallest absolute Gasteiger partial charge is 0.407 e. The van der Waals surface area contributed by atoms with Crippen LogP contribution in [0.5, 0.6) is 0 Å². The maximum atomic E-state index is 11.7. The minimum atomic E-state index is -4.78. The Labute approximate surface area is 197 Å². The van der Waals surface area contributed by atoms with Gasteiger partial charge >= 0.3 is 24.1 Å². The number of phosphoric ester groups is 1. The molecule has 0 bridgehead atoms. The molecule has 0 aliphatic carbocycles. The lowest BCUT2D eigenvalue weighted by atomic mass is 10.4. The zero-order valence-corrected chi connectivity index (χ0v) is 20.6.